The highest BCUT2D eigenvalue weighted by Gasteiger charge is 2.32. The van der Waals surface area contributed by atoms with Crippen molar-refractivity contribution in [1.29, 1.82) is 0 Å². The van der Waals surface area contributed by atoms with Gasteiger partial charge >= 0.3 is 14.1 Å². The van der Waals surface area contributed by atoms with Crippen LogP contribution in [-0.4, -0.2) is 40.9 Å². The summed E-state index contributed by atoms with van der Waals surface area (Å²) >= 11 is 0. The Labute approximate surface area is 183 Å². The summed E-state index contributed by atoms with van der Waals surface area (Å²) in [5, 5.41) is 11.2. The molecule has 1 aliphatic heterocycles. The fourth-order valence-electron chi connectivity index (χ4n) is 2.81. The van der Waals surface area contributed by atoms with Crippen LogP contribution in [0.2, 0.25) is 0 Å². The number of para-hydroxylation sites is 1. The first kappa shape index (κ1) is 24.9. The Morgan fingerprint density at radius 3 is 2.45 bits per heavy atom. The summed E-state index contributed by atoms with van der Waals surface area (Å²) in [6.07, 6.45) is 4.90. The van der Waals surface area contributed by atoms with E-state index in [0.717, 1.165) is 18.4 Å². The van der Waals surface area contributed by atoms with E-state index >= 15 is 0 Å². The van der Waals surface area contributed by atoms with Crippen molar-refractivity contribution >= 4 is 14.1 Å². The van der Waals surface area contributed by atoms with E-state index in [1.165, 1.54) is 0 Å². The highest BCUT2D eigenvalue weighted by Crippen LogP contribution is 2.33. The number of aromatic hydroxyl groups is 1. The Morgan fingerprint density at radius 2 is 1.87 bits per heavy atom. The lowest BCUT2D eigenvalue weighted by Gasteiger charge is -2.12. The minimum atomic E-state index is -2.15. The maximum Gasteiger partial charge on any atom is 0.613 e. The van der Waals surface area contributed by atoms with Crippen LogP contribution < -0.4 is 5.09 Å². The predicted octanol–water partition coefficient (Wildman–Crippen LogP) is 4.30. The zero-order valence-electron chi connectivity index (χ0n) is 18.0. The molecule has 1 aromatic carbocycles. The van der Waals surface area contributed by atoms with E-state index < -0.39 is 20.2 Å². The SMILES string of the molecule is CC(C)OC(=O)[C@@H](C)N[P+](=O)OC[C@@H]1CCC(c2ccncc2)O1.Oc1ccccc1. The lowest BCUT2D eigenvalue weighted by Crippen LogP contribution is -2.33. The van der Waals surface area contributed by atoms with Gasteiger partial charge in [-0.25, -0.2) is 0 Å². The second-order valence-electron chi connectivity index (χ2n) is 7.33. The van der Waals surface area contributed by atoms with Crippen LogP contribution in [0.3, 0.4) is 0 Å². The van der Waals surface area contributed by atoms with Crippen LogP contribution in [0.1, 0.15) is 45.3 Å². The second-order valence-corrected chi connectivity index (χ2v) is 8.36. The maximum absolute atomic E-state index is 11.9. The number of pyridine rings is 1. The quantitative estimate of drug-likeness (QED) is 0.454. The molecule has 1 aromatic heterocycles. The van der Waals surface area contributed by atoms with Gasteiger partial charge in [0.2, 0.25) is 0 Å². The summed E-state index contributed by atoms with van der Waals surface area (Å²) in [7, 11) is -2.15. The topological polar surface area (TPSA) is 107 Å². The van der Waals surface area contributed by atoms with Crippen molar-refractivity contribution < 1.29 is 28.5 Å². The number of nitrogens with zero attached hydrogens (tertiary/aromatic N) is 1. The Balaban J connectivity index is 0.000000412. The number of phenolic OH excluding ortho intramolecular Hbond substituents is 1. The summed E-state index contributed by atoms with van der Waals surface area (Å²) in [6, 6.07) is 11.9. The van der Waals surface area contributed by atoms with Crippen molar-refractivity contribution in [3.8, 4) is 5.75 Å². The van der Waals surface area contributed by atoms with Crippen molar-refractivity contribution in [2.45, 2.75) is 58.0 Å². The van der Waals surface area contributed by atoms with Gasteiger partial charge in [0.1, 0.15) is 18.4 Å². The van der Waals surface area contributed by atoms with E-state index in [9.17, 15) is 9.36 Å². The van der Waals surface area contributed by atoms with Gasteiger partial charge in [0.15, 0.2) is 0 Å². The average Bonchev–Trinajstić information content (AvgIpc) is 3.22. The summed E-state index contributed by atoms with van der Waals surface area (Å²) in [5.41, 5.74) is 1.08. The van der Waals surface area contributed by atoms with Gasteiger partial charge in [-0.3, -0.25) is 9.78 Å². The number of ether oxygens (including phenoxy) is 2. The lowest BCUT2D eigenvalue weighted by molar-refractivity contribution is -0.149. The molecule has 0 saturated carbocycles. The molecule has 0 bridgehead atoms. The molecule has 0 aliphatic carbocycles. The van der Waals surface area contributed by atoms with E-state index in [-0.39, 0.29) is 24.9 Å². The third kappa shape index (κ3) is 9.53. The van der Waals surface area contributed by atoms with E-state index in [0.29, 0.717) is 5.75 Å². The molecule has 31 heavy (non-hydrogen) atoms. The van der Waals surface area contributed by atoms with Crippen LogP contribution in [0, 0.1) is 0 Å². The van der Waals surface area contributed by atoms with Crippen LogP contribution in [-0.2, 0) is 23.4 Å². The second kappa shape index (κ2) is 13.1. The number of aromatic nitrogens is 1. The van der Waals surface area contributed by atoms with Gasteiger partial charge in [-0.1, -0.05) is 23.3 Å². The molecule has 0 spiro atoms. The van der Waals surface area contributed by atoms with Crippen molar-refractivity contribution in [2.24, 2.45) is 0 Å². The summed E-state index contributed by atoms with van der Waals surface area (Å²) in [5.74, 6) is -0.130. The molecule has 2 heterocycles. The van der Waals surface area contributed by atoms with Crippen LogP contribution in [0.15, 0.2) is 54.9 Å². The number of hydrogen-bond acceptors (Lipinski definition) is 7. The summed E-state index contributed by atoms with van der Waals surface area (Å²) in [4.78, 5) is 15.6. The number of hydrogen-bond donors (Lipinski definition) is 2. The number of carbonyl (C=O) groups is 1. The molecule has 168 valence electrons. The van der Waals surface area contributed by atoms with Gasteiger partial charge in [0.25, 0.3) is 0 Å². The van der Waals surface area contributed by atoms with Crippen LogP contribution >= 0.6 is 8.18 Å². The third-order valence-electron chi connectivity index (χ3n) is 4.32. The van der Waals surface area contributed by atoms with Crippen molar-refractivity contribution in [1.82, 2.24) is 10.1 Å². The van der Waals surface area contributed by atoms with Crippen molar-refractivity contribution in [3.05, 3.63) is 60.4 Å². The van der Waals surface area contributed by atoms with Crippen LogP contribution in [0.4, 0.5) is 0 Å². The molecule has 2 N–H and O–H groups in total. The smallest absolute Gasteiger partial charge is 0.508 e. The standard InChI is InChI=1S/C16H24N2O5P.C6H6O/c1-11(2)22-16(19)12(3)18-24(20)21-10-14-4-5-15(23-14)13-6-8-17-9-7-13;7-6-4-2-1-3-5-6/h6-9,11-12,14-15H,4-5,10H2,1-3H3,(H,18,20);1-5,7H/q+1;/t12-,14+,15?;/m1./s1. The Kier molecular flexibility index (Phi) is 10.5. The highest BCUT2D eigenvalue weighted by atomic mass is 31.1. The normalized spacial score (nSPS) is 19.3. The molecule has 8 nitrogen and oxygen atoms in total. The lowest BCUT2D eigenvalue weighted by atomic mass is 10.1. The van der Waals surface area contributed by atoms with Gasteiger partial charge < -0.3 is 14.6 Å². The molecule has 0 amide bonds. The zero-order chi connectivity index (χ0) is 22.6. The number of esters is 1. The fourth-order valence-corrected chi connectivity index (χ4v) is 3.61. The molecular formula is C22H30N2O6P+. The first-order chi connectivity index (χ1) is 14.8. The van der Waals surface area contributed by atoms with Gasteiger partial charge in [0, 0.05) is 12.4 Å². The maximum atomic E-state index is 11.9. The van der Waals surface area contributed by atoms with Crippen LogP contribution in [0.5, 0.6) is 5.75 Å². The van der Waals surface area contributed by atoms with E-state index in [1.54, 1.807) is 57.4 Å². The van der Waals surface area contributed by atoms with Crippen LogP contribution in [0.25, 0.3) is 0 Å². The molecule has 4 atom stereocenters. The Bertz CT molecular complexity index is 806. The van der Waals surface area contributed by atoms with Crippen molar-refractivity contribution in [3.63, 3.8) is 0 Å². The molecule has 0 radical (unpaired) electrons. The van der Waals surface area contributed by atoms with E-state index in [2.05, 4.69) is 10.1 Å². The van der Waals surface area contributed by atoms with Gasteiger partial charge in [-0.05, 0) is 68.0 Å². The molecular weight excluding hydrogens is 419 g/mol. The first-order valence-electron chi connectivity index (χ1n) is 10.2. The first-order valence-corrected chi connectivity index (χ1v) is 11.4. The zero-order valence-corrected chi connectivity index (χ0v) is 18.9. The van der Waals surface area contributed by atoms with Gasteiger partial charge in [-0.2, -0.15) is 0 Å². The average molecular weight is 449 g/mol. The molecule has 1 saturated heterocycles. The fraction of sp³-hybridized carbons (Fsp3) is 0.455. The minimum absolute atomic E-state index is 0.0207. The number of phenols is 1. The third-order valence-corrected chi connectivity index (χ3v) is 5.31. The molecule has 2 aromatic rings. The van der Waals surface area contributed by atoms with Gasteiger partial charge in [-0.15, -0.1) is 4.52 Å². The monoisotopic (exact) mass is 449 g/mol. The molecule has 9 heteroatoms. The number of carbonyl (C=O) groups excluding carboxylic acids is 1. The highest BCUT2D eigenvalue weighted by molar-refractivity contribution is 7.36. The van der Waals surface area contributed by atoms with E-state index in [1.807, 2.05) is 18.2 Å². The number of nitrogens with one attached hydrogen (secondary N) is 1. The molecule has 1 fully saturated rings. The summed E-state index contributed by atoms with van der Waals surface area (Å²) < 4.78 is 28.1. The number of rotatable bonds is 8. The van der Waals surface area contributed by atoms with Gasteiger partial charge in [0.05, 0.1) is 18.3 Å². The summed E-state index contributed by atoms with van der Waals surface area (Å²) in [6.45, 7) is 5.33. The predicted molar refractivity (Wildman–Crippen MR) is 117 cm³/mol. The molecule has 3 rings (SSSR count). The van der Waals surface area contributed by atoms with E-state index in [4.69, 9.17) is 19.1 Å². The van der Waals surface area contributed by atoms with Crippen molar-refractivity contribution in [2.75, 3.05) is 6.61 Å². The molecule has 2 unspecified atom stereocenters. The largest absolute Gasteiger partial charge is 0.613 e. The minimum Gasteiger partial charge on any atom is -0.508 e. The Morgan fingerprint density at radius 1 is 1.19 bits per heavy atom. The Hall–Kier alpha value is -2.38. The number of benzene rings is 1. The molecule has 1 aliphatic rings.